The molecule has 0 radical (unpaired) electrons. The molecule has 6 heteroatoms. The van der Waals surface area contributed by atoms with Gasteiger partial charge >= 0.3 is 0 Å². The van der Waals surface area contributed by atoms with Crippen LogP contribution in [0.25, 0.3) is 0 Å². The molecule has 0 saturated carbocycles. The Morgan fingerprint density at radius 2 is 1.96 bits per heavy atom. The van der Waals surface area contributed by atoms with Gasteiger partial charge in [-0.2, -0.15) is 0 Å². The molecule has 148 valence electrons. The summed E-state index contributed by atoms with van der Waals surface area (Å²) in [7, 11) is 1.63. The van der Waals surface area contributed by atoms with Crippen molar-refractivity contribution in [2.24, 2.45) is 0 Å². The van der Waals surface area contributed by atoms with Crippen LogP contribution < -0.4 is 20.3 Å². The molecule has 0 atom stereocenters. The van der Waals surface area contributed by atoms with Crippen molar-refractivity contribution >= 4 is 17.3 Å². The molecule has 0 spiro atoms. The summed E-state index contributed by atoms with van der Waals surface area (Å²) >= 11 is 6.43. The van der Waals surface area contributed by atoms with Crippen molar-refractivity contribution in [1.29, 1.82) is 0 Å². The van der Waals surface area contributed by atoms with Crippen LogP contribution in [0, 0.1) is 0 Å². The number of pyridine rings is 1. The molecule has 27 heavy (non-hydrogen) atoms. The standard InChI is InChI=1S/C21H29ClN2O3/c1-4-6-7-11-27-17-8-10-24(21(25)13-17)15-16-12-20(26-3)19(14-18(16)22)23-9-5-2/h8,10,12-14,23H,4-7,9,11,15H2,1-3H3. The average molecular weight is 393 g/mol. The molecule has 2 aromatic rings. The van der Waals surface area contributed by atoms with Crippen molar-refractivity contribution < 1.29 is 9.47 Å². The molecule has 5 nitrogen and oxygen atoms in total. The Morgan fingerprint density at radius 3 is 2.63 bits per heavy atom. The molecule has 1 N–H and O–H groups in total. The van der Waals surface area contributed by atoms with Crippen molar-refractivity contribution in [3.63, 3.8) is 0 Å². The molecule has 1 aromatic carbocycles. The number of nitrogens with zero attached hydrogens (tertiary/aromatic N) is 1. The Hall–Kier alpha value is -2.14. The fourth-order valence-electron chi connectivity index (χ4n) is 2.72. The van der Waals surface area contributed by atoms with Crippen molar-refractivity contribution in [3.8, 4) is 11.5 Å². The van der Waals surface area contributed by atoms with Gasteiger partial charge in [0.15, 0.2) is 0 Å². The van der Waals surface area contributed by atoms with E-state index in [4.69, 9.17) is 21.1 Å². The van der Waals surface area contributed by atoms with Crippen LogP contribution in [0.15, 0.2) is 35.3 Å². The summed E-state index contributed by atoms with van der Waals surface area (Å²) in [5.41, 5.74) is 1.57. The van der Waals surface area contributed by atoms with Crippen LogP contribution in [0.2, 0.25) is 5.02 Å². The Labute approximate surface area is 166 Å². The Morgan fingerprint density at radius 1 is 1.15 bits per heavy atom. The number of rotatable bonds is 11. The van der Waals surface area contributed by atoms with E-state index in [-0.39, 0.29) is 5.56 Å². The monoisotopic (exact) mass is 392 g/mol. The quantitative estimate of drug-likeness (QED) is 0.550. The summed E-state index contributed by atoms with van der Waals surface area (Å²) < 4.78 is 12.7. The lowest BCUT2D eigenvalue weighted by Crippen LogP contribution is -2.19. The molecule has 2 rings (SSSR count). The van der Waals surface area contributed by atoms with Gasteiger partial charge in [0.2, 0.25) is 0 Å². The first-order valence-corrected chi connectivity index (χ1v) is 9.90. The number of anilines is 1. The van der Waals surface area contributed by atoms with Gasteiger partial charge < -0.3 is 19.4 Å². The highest BCUT2D eigenvalue weighted by atomic mass is 35.5. The first-order valence-electron chi connectivity index (χ1n) is 9.52. The summed E-state index contributed by atoms with van der Waals surface area (Å²) in [6.07, 6.45) is 6.00. The number of methoxy groups -OCH3 is 1. The molecular weight excluding hydrogens is 364 g/mol. The number of hydrogen-bond acceptors (Lipinski definition) is 4. The van der Waals surface area contributed by atoms with Gasteiger partial charge in [0.25, 0.3) is 5.56 Å². The van der Waals surface area contributed by atoms with E-state index in [0.717, 1.165) is 43.5 Å². The van der Waals surface area contributed by atoms with E-state index in [1.54, 1.807) is 17.9 Å². The normalized spacial score (nSPS) is 10.7. The van der Waals surface area contributed by atoms with Crippen LogP contribution in [-0.2, 0) is 6.54 Å². The maximum absolute atomic E-state index is 12.4. The smallest absolute Gasteiger partial charge is 0.254 e. The van der Waals surface area contributed by atoms with Gasteiger partial charge in [0.1, 0.15) is 11.5 Å². The van der Waals surface area contributed by atoms with E-state index < -0.39 is 0 Å². The second kappa shape index (κ2) is 10.9. The molecule has 0 amide bonds. The number of benzene rings is 1. The van der Waals surface area contributed by atoms with Gasteiger partial charge in [-0.25, -0.2) is 0 Å². The molecular formula is C21H29ClN2O3. The van der Waals surface area contributed by atoms with Crippen molar-refractivity contribution in [1.82, 2.24) is 4.57 Å². The number of aromatic nitrogens is 1. The number of hydrogen-bond donors (Lipinski definition) is 1. The Kier molecular flexibility index (Phi) is 8.52. The van der Waals surface area contributed by atoms with Crippen molar-refractivity contribution in [2.45, 2.75) is 46.1 Å². The lowest BCUT2D eigenvalue weighted by atomic mass is 10.1. The van der Waals surface area contributed by atoms with Gasteiger partial charge in [0, 0.05) is 23.8 Å². The predicted octanol–water partition coefficient (Wildman–Crippen LogP) is 4.95. The number of halogens is 1. The number of ether oxygens (including phenoxy) is 2. The van der Waals surface area contributed by atoms with Crippen molar-refractivity contribution in [2.75, 3.05) is 25.6 Å². The van der Waals surface area contributed by atoms with Gasteiger partial charge in [-0.05, 0) is 36.6 Å². The highest BCUT2D eigenvalue weighted by Gasteiger charge is 2.11. The molecule has 0 saturated heterocycles. The fraction of sp³-hybridized carbons (Fsp3) is 0.476. The summed E-state index contributed by atoms with van der Waals surface area (Å²) in [6, 6.07) is 7.06. The molecule has 1 heterocycles. The lowest BCUT2D eigenvalue weighted by molar-refractivity contribution is 0.305. The Bertz CT molecular complexity index is 789. The maximum Gasteiger partial charge on any atom is 0.254 e. The predicted molar refractivity (Wildman–Crippen MR) is 112 cm³/mol. The zero-order valence-electron chi connectivity index (χ0n) is 16.4. The molecule has 0 bridgehead atoms. The van der Waals surface area contributed by atoms with Gasteiger partial charge in [0.05, 0.1) is 25.9 Å². The van der Waals surface area contributed by atoms with Gasteiger partial charge in [-0.1, -0.05) is 38.3 Å². The molecule has 0 aliphatic rings. The third-order valence-corrected chi connectivity index (χ3v) is 4.61. The topological polar surface area (TPSA) is 52.5 Å². The number of nitrogens with one attached hydrogen (secondary N) is 1. The lowest BCUT2D eigenvalue weighted by Gasteiger charge is -2.15. The summed E-state index contributed by atoms with van der Waals surface area (Å²) in [5, 5.41) is 3.90. The zero-order valence-corrected chi connectivity index (χ0v) is 17.1. The summed E-state index contributed by atoms with van der Waals surface area (Å²) in [6.45, 7) is 6.09. The second-order valence-corrected chi connectivity index (χ2v) is 6.86. The van der Waals surface area contributed by atoms with E-state index in [9.17, 15) is 4.79 Å². The minimum absolute atomic E-state index is 0.119. The highest BCUT2D eigenvalue weighted by Crippen LogP contribution is 2.31. The SMILES string of the molecule is CCCCCOc1ccn(Cc2cc(OC)c(NCCC)cc2Cl)c(=O)c1. The van der Waals surface area contributed by atoms with E-state index in [1.165, 1.54) is 6.07 Å². The minimum atomic E-state index is -0.119. The third kappa shape index (κ3) is 6.21. The van der Waals surface area contributed by atoms with Gasteiger partial charge in [-0.3, -0.25) is 4.79 Å². The number of unbranched alkanes of at least 4 members (excludes halogenated alkanes) is 2. The highest BCUT2D eigenvalue weighted by molar-refractivity contribution is 6.31. The summed E-state index contributed by atoms with van der Waals surface area (Å²) in [4.78, 5) is 12.4. The largest absolute Gasteiger partial charge is 0.495 e. The maximum atomic E-state index is 12.4. The molecule has 1 aromatic heterocycles. The van der Waals surface area contributed by atoms with Crippen molar-refractivity contribution in [3.05, 3.63) is 51.4 Å². The fourth-order valence-corrected chi connectivity index (χ4v) is 2.94. The molecule has 0 unspecified atom stereocenters. The van der Waals surface area contributed by atoms with Gasteiger partial charge in [-0.15, -0.1) is 0 Å². The molecule has 0 fully saturated rings. The van der Waals surface area contributed by atoms with Crippen LogP contribution in [0.5, 0.6) is 11.5 Å². The zero-order chi connectivity index (χ0) is 19.6. The first kappa shape index (κ1) is 21.2. The van der Waals surface area contributed by atoms with E-state index in [2.05, 4.69) is 19.2 Å². The molecule has 0 aliphatic carbocycles. The van der Waals surface area contributed by atoms with E-state index in [0.29, 0.717) is 29.7 Å². The van der Waals surface area contributed by atoms with Crippen LogP contribution >= 0.6 is 11.6 Å². The minimum Gasteiger partial charge on any atom is -0.495 e. The molecule has 0 aliphatic heterocycles. The van der Waals surface area contributed by atoms with Crippen LogP contribution in [0.3, 0.4) is 0 Å². The van der Waals surface area contributed by atoms with Crippen LogP contribution in [0.4, 0.5) is 5.69 Å². The Balaban J connectivity index is 2.13. The van der Waals surface area contributed by atoms with Crippen LogP contribution in [0.1, 0.15) is 45.1 Å². The average Bonchev–Trinajstić information content (AvgIpc) is 2.67. The third-order valence-electron chi connectivity index (χ3n) is 4.26. The second-order valence-electron chi connectivity index (χ2n) is 6.45. The van der Waals surface area contributed by atoms with Crippen LogP contribution in [-0.4, -0.2) is 24.8 Å². The first-order chi connectivity index (χ1) is 13.1. The van der Waals surface area contributed by atoms with E-state index in [1.807, 2.05) is 18.2 Å². The van der Waals surface area contributed by atoms with E-state index >= 15 is 0 Å². The summed E-state index contributed by atoms with van der Waals surface area (Å²) in [5.74, 6) is 1.32.